The zero-order chi connectivity index (χ0) is 23.9. The van der Waals surface area contributed by atoms with Gasteiger partial charge >= 0.3 is 6.18 Å². The maximum Gasteiger partial charge on any atom is 0.416 e. The van der Waals surface area contributed by atoms with Gasteiger partial charge in [-0.2, -0.15) is 18.3 Å². The normalized spacial score (nSPS) is 22.5. The fraction of sp³-hybridized carbons (Fsp3) is 0.591. The SMILES string of the molecule is CC(C)c1nn(CC(=O)N[C@H]2CN(C3COC3)CC[C@H]2O)c(=O)c2ccc(C(F)(F)F)cc12. The first-order valence-electron chi connectivity index (χ1n) is 11.0. The molecule has 2 aromatic rings. The summed E-state index contributed by atoms with van der Waals surface area (Å²) in [6.45, 7) is 5.55. The van der Waals surface area contributed by atoms with E-state index in [0.717, 1.165) is 22.9 Å². The number of carbonyl (C=O) groups is 1. The highest BCUT2D eigenvalue weighted by Gasteiger charge is 2.35. The Kier molecular flexibility index (Phi) is 6.47. The summed E-state index contributed by atoms with van der Waals surface area (Å²) in [5, 5.41) is 17.5. The van der Waals surface area contributed by atoms with Gasteiger partial charge in [0.25, 0.3) is 5.56 Å². The molecule has 11 heteroatoms. The molecular formula is C22H27F3N4O4. The number of rotatable bonds is 5. The predicted molar refractivity (Wildman–Crippen MR) is 114 cm³/mol. The van der Waals surface area contributed by atoms with Gasteiger partial charge < -0.3 is 15.2 Å². The number of piperidine rings is 1. The minimum Gasteiger partial charge on any atom is -0.391 e. The average molecular weight is 468 g/mol. The van der Waals surface area contributed by atoms with Crippen molar-refractivity contribution >= 4 is 16.7 Å². The molecule has 3 heterocycles. The second-order valence-corrected chi connectivity index (χ2v) is 8.98. The number of halogens is 3. The zero-order valence-corrected chi connectivity index (χ0v) is 18.4. The number of alkyl halides is 3. The number of aromatic nitrogens is 2. The smallest absolute Gasteiger partial charge is 0.391 e. The lowest BCUT2D eigenvalue weighted by molar-refractivity contribution is -0.137. The van der Waals surface area contributed by atoms with Crippen LogP contribution in [0.15, 0.2) is 23.0 Å². The number of ether oxygens (including phenoxy) is 1. The minimum absolute atomic E-state index is 0.0726. The molecule has 0 aliphatic carbocycles. The third-order valence-corrected chi connectivity index (χ3v) is 6.25. The molecule has 0 bridgehead atoms. The lowest BCUT2D eigenvalue weighted by Crippen LogP contribution is -2.61. The minimum atomic E-state index is -4.54. The van der Waals surface area contributed by atoms with Crippen molar-refractivity contribution in [3.63, 3.8) is 0 Å². The van der Waals surface area contributed by atoms with E-state index in [2.05, 4.69) is 15.3 Å². The number of hydrogen-bond donors (Lipinski definition) is 2. The molecule has 2 aliphatic rings. The van der Waals surface area contributed by atoms with Crippen LogP contribution in [0.1, 0.15) is 37.4 Å². The molecule has 2 atom stereocenters. The molecule has 0 saturated carbocycles. The van der Waals surface area contributed by atoms with Crippen molar-refractivity contribution in [2.75, 3.05) is 26.3 Å². The molecule has 180 valence electrons. The molecule has 1 aromatic heterocycles. The van der Waals surface area contributed by atoms with E-state index in [1.54, 1.807) is 13.8 Å². The van der Waals surface area contributed by atoms with Gasteiger partial charge in [-0.25, -0.2) is 4.68 Å². The van der Waals surface area contributed by atoms with Crippen molar-refractivity contribution in [1.82, 2.24) is 20.0 Å². The number of aliphatic hydroxyl groups is 1. The standard InChI is InChI=1S/C22H27F3N4O4/c1-12(2)20-16-7-13(22(23,24)25)3-4-15(16)21(32)29(27-20)9-19(31)26-17-8-28(6-5-18(17)30)14-10-33-11-14/h3-4,7,12,14,17-18,30H,5-6,8-11H2,1-2H3,(H,26,31)/t17-,18+/m0/s1. The van der Waals surface area contributed by atoms with Crippen LogP contribution in [0.5, 0.6) is 0 Å². The molecule has 0 radical (unpaired) electrons. The van der Waals surface area contributed by atoms with Crippen molar-refractivity contribution in [2.24, 2.45) is 0 Å². The van der Waals surface area contributed by atoms with Crippen molar-refractivity contribution < 1.29 is 27.8 Å². The molecule has 1 amide bonds. The number of carbonyl (C=O) groups excluding carboxylic acids is 1. The summed E-state index contributed by atoms with van der Waals surface area (Å²) in [6, 6.07) is 2.70. The van der Waals surface area contributed by atoms with Crippen molar-refractivity contribution in [1.29, 1.82) is 0 Å². The van der Waals surface area contributed by atoms with E-state index < -0.39 is 41.9 Å². The lowest BCUT2D eigenvalue weighted by Gasteiger charge is -2.43. The molecular weight excluding hydrogens is 441 g/mol. The molecule has 1 aromatic carbocycles. The molecule has 2 saturated heterocycles. The van der Waals surface area contributed by atoms with Crippen molar-refractivity contribution in [3.8, 4) is 0 Å². The van der Waals surface area contributed by atoms with Crippen LogP contribution in [0.2, 0.25) is 0 Å². The van der Waals surface area contributed by atoms with Gasteiger partial charge in [-0.3, -0.25) is 14.5 Å². The number of nitrogens with one attached hydrogen (secondary N) is 1. The van der Waals surface area contributed by atoms with E-state index >= 15 is 0 Å². The average Bonchev–Trinajstić information content (AvgIpc) is 2.70. The Balaban J connectivity index is 1.57. The van der Waals surface area contributed by atoms with E-state index in [1.165, 1.54) is 0 Å². The first-order chi connectivity index (χ1) is 15.5. The molecule has 4 rings (SSSR count). The molecule has 2 N–H and O–H groups in total. The van der Waals surface area contributed by atoms with Crippen LogP contribution < -0.4 is 10.9 Å². The third kappa shape index (κ3) is 4.90. The van der Waals surface area contributed by atoms with E-state index in [4.69, 9.17) is 4.74 Å². The summed E-state index contributed by atoms with van der Waals surface area (Å²) in [5.41, 5.74) is -1.20. The van der Waals surface area contributed by atoms with E-state index in [9.17, 15) is 27.9 Å². The second-order valence-electron chi connectivity index (χ2n) is 8.98. The predicted octanol–water partition coefficient (Wildman–Crippen LogP) is 1.49. The topological polar surface area (TPSA) is 96.7 Å². The van der Waals surface area contributed by atoms with Gasteiger partial charge in [-0.1, -0.05) is 13.8 Å². The van der Waals surface area contributed by atoms with Crippen LogP contribution >= 0.6 is 0 Å². The number of benzene rings is 1. The Hall–Kier alpha value is -2.50. The molecule has 2 fully saturated rings. The van der Waals surface area contributed by atoms with E-state index in [-0.39, 0.29) is 22.7 Å². The summed E-state index contributed by atoms with van der Waals surface area (Å²) >= 11 is 0. The fourth-order valence-electron chi connectivity index (χ4n) is 4.28. The summed E-state index contributed by atoms with van der Waals surface area (Å²) in [5.74, 6) is -0.773. The van der Waals surface area contributed by atoms with Crippen LogP contribution in [0.3, 0.4) is 0 Å². The Labute approximate surface area is 188 Å². The molecule has 0 spiro atoms. The summed E-state index contributed by atoms with van der Waals surface area (Å²) in [6.07, 6.45) is -4.74. The van der Waals surface area contributed by atoms with E-state index in [1.807, 2.05) is 0 Å². The highest BCUT2D eigenvalue weighted by atomic mass is 19.4. The number of nitrogens with zero attached hydrogens (tertiary/aromatic N) is 3. The first kappa shape index (κ1) is 23.7. The largest absolute Gasteiger partial charge is 0.416 e. The summed E-state index contributed by atoms with van der Waals surface area (Å²) in [7, 11) is 0. The van der Waals surface area contributed by atoms with Gasteiger partial charge in [-0.15, -0.1) is 0 Å². The number of amides is 1. The van der Waals surface area contributed by atoms with Gasteiger partial charge in [0, 0.05) is 18.5 Å². The molecule has 0 unspecified atom stereocenters. The Morgan fingerprint density at radius 2 is 2.03 bits per heavy atom. The number of hydrogen-bond acceptors (Lipinski definition) is 6. The second kappa shape index (κ2) is 9.03. The van der Waals surface area contributed by atoms with Gasteiger partial charge in [0.1, 0.15) is 6.54 Å². The highest BCUT2D eigenvalue weighted by molar-refractivity contribution is 5.85. The summed E-state index contributed by atoms with van der Waals surface area (Å²) < 4.78 is 45.7. The Bertz CT molecular complexity index is 1100. The number of fused-ring (bicyclic) bond motifs is 1. The van der Waals surface area contributed by atoms with Gasteiger partial charge in [0.05, 0.1) is 48.0 Å². The van der Waals surface area contributed by atoms with Crippen LogP contribution in [-0.2, 0) is 22.3 Å². The Morgan fingerprint density at radius 3 is 2.64 bits per heavy atom. The number of aliphatic hydroxyl groups excluding tert-OH is 1. The third-order valence-electron chi connectivity index (χ3n) is 6.25. The quantitative estimate of drug-likeness (QED) is 0.690. The van der Waals surface area contributed by atoms with Gasteiger partial charge in [-0.05, 0) is 30.5 Å². The summed E-state index contributed by atoms with van der Waals surface area (Å²) in [4.78, 5) is 27.8. The number of likely N-dealkylation sites (tertiary alicyclic amines) is 1. The van der Waals surface area contributed by atoms with Crippen LogP contribution in [0.25, 0.3) is 10.8 Å². The van der Waals surface area contributed by atoms with Crippen molar-refractivity contribution in [3.05, 3.63) is 39.8 Å². The highest BCUT2D eigenvalue weighted by Crippen LogP contribution is 2.32. The molecule has 33 heavy (non-hydrogen) atoms. The molecule has 2 aliphatic heterocycles. The Morgan fingerprint density at radius 1 is 1.30 bits per heavy atom. The van der Waals surface area contributed by atoms with Gasteiger partial charge in [0.2, 0.25) is 5.91 Å². The maximum absolute atomic E-state index is 13.2. The fourth-order valence-corrected chi connectivity index (χ4v) is 4.28. The van der Waals surface area contributed by atoms with Gasteiger partial charge in [0.15, 0.2) is 0 Å². The zero-order valence-electron chi connectivity index (χ0n) is 18.4. The van der Waals surface area contributed by atoms with Crippen LogP contribution in [0, 0.1) is 0 Å². The van der Waals surface area contributed by atoms with E-state index in [0.29, 0.717) is 38.4 Å². The maximum atomic E-state index is 13.2. The van der Waals surface area contributed by atoms with Crippen LogP contribution in [0.4, 0.5) is 13.2 Å². The van der Waals surface area contributed by atoms with Crippen molar-refractivity contribution in [2.45, 2.75) is 57.1 Å². The monoisotopic (exact) mass is 468 g/mol. The molecule has 8 nitrogen and oxygen atoms in total. The van der Waals surface area contributed by atoms with Crippen LogP contribution in [-0.4, -0.2) is 70.2 Å². The first-order valence-corrected chi connectivity index (χ1v) is 11.0. The lowest BCUT2D eigenvalue weighted by atomic mass is 9.99.